The van der Waals surface area contributed by atoms with Crippen molar-refractivity contribution in [2.75, 3.05) is 0 Å². The number of aryl methyl sites for hydroxylation is 1. The monoisotopic (exact) mass is 177 g/mol. The van der Waals surface area contributed by atoms with E-state index in [9.17, 15) is 0 Å². The van der Waals surface area contributed by atoms with Crippen LogP contribution >= 0.6 is 0 Å². The molecule has 1 aliphatic carbocycles. The zero-order chi connectivity index (χ0) is 8.93. The maximum Gasteiger partial charge on any atom is 0.0222 e. The van der Waals surface area contributed by atoms with E-state index in [1.165, 1.54) is 45.1 Å². The minimum Gasteiger partial charge on any atom is -0.354 e. The Balaban J connectivity index is 1.72. The van der Waals surface area contributed by atoms with Crippen molar-refractivity contribution in [2.24, 2.45) is 5.92 Å². The number of nitrogens with zero attached hydrogens (tertiary/aromatic N) is 1. The topological polar surface area (TPSA) is 4.93 Å². The van der Waals surface area contributed by atoms with Crippen molar-refractivity contribution < 1.29 is 0 Å². The van der Waals surface area contributed by atoms with Crippen LogP contribution in [-0.2, 0) is 6.54 Å². The highest BCUT2D eigenvalue weighted by atomic mass is 14.9. The fourth-order valence-electron chi connectivity index (χ4n) is 2.33. The molecular formula is C12H19N. The van der Waals surface area contributed by atoms with Crippen LogP contribution in [-0.4, -0.2) is 4.57 Å². The van der Waals surface area contributed by atoms with Gasteiger partial charge in [-0.05, 0) is 24.5 Å². The SMILES string of the molecule is c1ccn(CCC2CCCCC2)c1. The highest BCUT2D eigenvalue weighted by Gasteiger charge is 2.12. The highest BCUT2D eigenvalue weighted by molar-refractivity contribution is 4.90. The van der Waals surface area contributed by atoms with Gasteiger partial charge in [-0.1, -0.05) is 32.1 Å². The predicted molar refractivity (Wildman–Crippen MR) is 55.6 cm³/mol. The van der Waals surface area contributed by atoms with Crippen molar-refractivity contribution in [1.29, 1.82) is 0 Å². The van der Waals surface area contributed by atoms with E-state index in [1.807, 2.05) is 0 Å². The summed E-state index contributed by atoms with van der Waals surface area (Å²) in [6.45, 7) is 1.22. The minimum atomic E-state index is 1.01. The molecule has 0 unspecified atom stereocenters. The van der Waals surface area contributed by atoms with Gasteiger partial charge >= 0.3 is 0 Å². The van der Waals surface area contributed by atoms with Gasteiger partial charge in [0.25, 0.3) is 0 Å². The molecular weight excluding hydrogens is 158 g/mol. The number of hydrogen-bond acceptors (Lipinski definition) is 0. The fraction of sp³-hybridized carbons (Fsp3) is 0.667. The third-order valence-electron chi connectivity index (χ3n) is 3.19. The molecule has 1 fully saturated rings. The van der Waals surface area contributed by atoms with Crippen molar-refractivity contribution in [1.82, 2.24) is 4.57 Å². The summed E-state index contributed by atoms with van der Waals surface area (Å²) in [5, 5.41) is 0. The van der Waals surface area contributed by atoms with Gasteiger partial charge in [-0.15, -0.1) is 0 Å². The van der Waals surface area contributed by atoms with Crippen LogP contribution in [0.4, 0.5) is 0 Å². The van der Waals surface area contributed by atoms with Gasteiger partial charge in [0.1, 0.15) is 0 Å². The summed E-state index contributed by atoms with van der Waals surface area (Å²) >= 11 is 0. The average Bonchev–Trinajstić information content (AvgIpc) is 2.69. The average molecular weight is 177 g/mol. The second-order valence-electron chi connectivity index (χ2n) is 4.21. The molecule has 1 aromatic rings. The van der Waals surface area contributed by atoms with Crippen LogP contribution in [0.2, 0.25) is 0 Å². The molecule has 1 heterocycles. The normalized spacial score (nSPS) is 19.1. The van der Waals surface area contributed by atoms with Crippen LogP contribution < -0.4 is 0 Å². The second kappa shape index (κ2) is 4.50. The number of hydrogen-bond donors (Lipinski definition) is 0. The van der Waals surface area contributed by atoms with Crippen molar-refractivity contribution >= 4 is 0 Å². The van der Waals surface area contributed by atoms with Gasteiger partial charge in [0.15, 0.2) is 0 Å². The van der Waals surface area contributed by atoms with Crippen LogP contribution in [0.5, 0.6) is 0 Å². The highest BCUT2D eigenvalue weighted by Crippen LogP contribution is 2.26. The van der Waals surface area contributed by atoms with E-state index in [-0.39, 0.29) is 0 Å². The molecule has 1 aliphatic rings. The van der Waals surface area contributed by atoms with E-state index in [0.29, 0.717) is 0 Å². The van der Waals surface area contributed by atoms with E-state index in [4.69, 9.17) is 0 Å². The standard InChI is InChI=1S/C12H19N/c1-2-6-12(7-3-1)8-11-13-9-4-5-10-13/h4-5,9-10,12H,1-3,6-8,11H2. The number of aromatic nitrogens is 1. The maximum atomic E-state index is 2.30. The minimum absolute atomic E-state index is 1.01. The predicted octanol–water partition coefficient (Wildman–Crippen LogP) is 3.46. The Morgan fingerprint density at radius 1 is 1.00 bits per heavy atom. The molecule has 0 spiro atoms. The molecule has 1 heteroatoms. The van der Waals surface area contributed by atoms with Gasteiger partial charge in [0.2, 0.25) is 0 Å². The largest absolute Gasteiger partial charge is 0.354 e. The molecule has 1 aromatic heterocycles. The Kier molecular flexibility index (Phi) is 3.07. The lowest BCUT2D eigenvalue weighted by molar-refractivity contribution is 0.324. The lowest BCUT2D eigenvalue weighted by Crippen LogP contribution is -2.09. The third kappa shape index (κ3) is 2.61. The lowest BCUT2D eigenvalue weighted by Gasteiger charge is -2.21. The quantitative estimate of drug-likeness (QED) is 0.666. The summed E-state index contributed by atoms with van der Waals surface area (Å²) in [6, 6.07) is 4.22. The molecule has 0 aliphatic heterocycles. The van der Waals surface area contributed by atoms with Gasteiger partial charge in [-0.25, -0.2) is 0 Å². The first-order valence-electron chi connectivity index (χ1n) is 5.56. The molecule has 0 amide bonds. The Bertz CT molecular complexity index is 219. The Morgan fingerprint density at radius 2 is 1.69 bits per heavy atom. The van der Waals surface area contributed by atoms with E-state index in [0.717, 1.165) is 5.92 Å². The summed E-state index contributed by atoms with van der Waals surface area (Å²) in [4.78, 5) is 0. The Hall–Kier alpha value is -0.720. The first-order chi connectivity index (χ1) is 6.45. The molecule has 1 saturated carbocycles. The van der Waals surface area contributed by atoms with Gasteiger partial charge < -0.3 is 4.57 Å². The van der Waals surface area contributed by atoms with Crippen LogP contribution in [0.15, 0.2) is 24.5 Å². The molecule has 0 aromatic carbocycles. The van der Waals surface area contributed by atoms with E-state index in [2.05, 4.69) is 29.1 Å². The molecule has 1 nitrogen and oxygen atoms in total. The van der Waals surface area contributed by atoms with Crippen LogP contribution in [0.25, 0.3) is 0 Å². The first-order valence-corrected chi connectivity index (χ1v) is 5.56. The summed E-state index contributed by atoms with van der Waals surface area (Å²) < 4.78 is 2.30. The molecule has 0 atom stereocenters. The maximum absolute atomic E-state index is 2.30. The first kappa shape index (κ1) is 8.86. The Morgan fingerprint density at radius 3 is 2.38 bits per heavy atom. The fourth-order valence-corrected chi connectivity index (χ4v) is 2.33. The van der Waals surface area contributed by atoms with Crippen LogP contribution in [0, 0.1) is 5.92 Å². The van der Waals surface area contributed by atoms with Crippen molar-refractivity contribution in [2.45, 2.75) is 45.1 Å². The molecule has 0 saturated heterocycles. The van der Waals surface area contributed by atoms with Gasteiger partial charge in [-0.2, -0.15) is 0 Å². The molecule has 2 rings (SSSR count). The summed E-state index contributed by atoms with van der Waals surface area (Å²) in [6.07, 6.45) is 13.1. The van der Waals surface area contributed by atoms with E-state index < -0.39 is 0 Å². The van der Waals surface area contributed by atoms with Crippen LogP contribution in [0.3, 0.4) is 0 Å². The molecule has 13 heavy (non-hydrogen) atoms. The lowest BCUT2D eigenvalue weighted by atomic mass is 9.87. The Labute approximate surface area is 80.8 Å². The molecule has 0 radical (unpaired) electrons. The summed E-state index contributed by atoms with van der Waals surface area (Å²) in [5.74, 6) is 1.01. The zero-order valence-electron chi connectivity index (χ0n) is 8.28. The van der Waals surface area contributed by atoms with Gasteiger partial charge in [0.05, 0.1) is 0 Å². The van der Waals surface area contributed by atoms with Crippen molar-refractivity contribution in [3.05, 3.63) is 24.5 Å². The smallest absolute Gasteiger partial charge is 0.0222 e. The molecule has 72 valence electrons. The van der Waals surface area contributed by atoms with E-state index in [1.54, 1.807) is 0 Å². The summed E-state index contributed by atoms with van der Waals surface area (Å²) in [7, 11) is 0. The number of rotatable bonds is 3. The van der Waals surface area contributed by atoms with Crippen LogP contribution in [0.1, 0.15) is 38.5 Å². The van der Waals surface area contributed by atoms with Gasteiger partial charge in [-0.3, -0.25) is 0 Å². The third-order valence-corrected chi connectivity index (χ3v) is 3.19. The second-order valence-corrected chi connectivity index (χ2v) is 4.21. The summed E-state index contributed by atoms with van der Waals surface area (Å²) in [5.41, 5.74) is 0. The van der Waals surface area contributed by atoms with Crippen molar-refractivity contribution in [3.63, 3.8) is 0 Å². The van der Waals surface area contributed by atoms with Crippen molar-refractivity contribution in [3.8, 4) is 0 Å². The van der Waals surface area contributed by atoms with Gasteiger partial charge in [0, 0.05) is 18.9 Å². The van der Waals surface area contributed by atoms with E-state index >= 15 is 0 Å². The zero-order valence-corrected chi connectivity index (χ0v) is 8.28. The molecule has 0 N–H and O–H groups in total. The molecule has 0 bridgehead atoms.